The number of hydrogen-bond acceptors (Lipinski definition) is 3. The standard InChI is InChI=1S/C15H28N4/c1-5-6-13-14(16)15(18(4)17-13)19(12-7-8-12)10-9-11(2)3/h11-12H,5-10,16H2,1-4H3. The SMILES string of the molecule is CCCc1nn(C)c(N(CCC(C)C)C2CC2)c1N. The molecule has 1 aliphatic carbocycles. The van der Waals surface area contributed by atoms with Gasteiger partial charge in [-0.3, -0.25) is 4.68 Å². The second kappa shape index (κ2) is 5.85. The maximum Gasteiger partial charge on any atom is 0.150 e. The molecule has 0 amide bonds. The van der Waals surface area contributed by atoms with E-state index in [2.05, 4.69) is 30.8 Å². The number of aromatic nitrogens is 2. The summed E-state index contributed by atoms with van der Waals surface area (Å²) in [6.45, 7) is 7.82. The Bertz CT molecular complexity index is 418. The minimum atomic E-state index is 0.686. The number of nitrogens with zero attached hydrogens (tertiary/aromatic N) is 3. The van der Waals surface area contributed by atoms with E-state index in [-0.39, 0.29) is 0 Å². The van der Waals surface area contributed by atoms with E-state index < -0.39 is 0 Å². The number of rotatable bonds is 7. The quantitative estimate of drug-likeness (QED) is 0.823. The molecule has 19 heavy (non-hydrogen) atoms. The molecule has 1 heterocycles. The van der Waals surface area contributed by atoms with E-state index in [9.17, 15) is 0 Å². The first kappa shape index (κ1) is 14.2. The highest BCUT2D eigenvalue weighted by atomic mass is 15.4. The minimum absolute atomic E-state index is 0.686. The first-order valence-corrected chi connectivity index (χ1v) is 7.62. The molecular weight excluding hydrogens is 236 g/mol. The third kappa shape index (κ3) is 3.23. The van der Waals surface area contributed by atoms with Crippen LogP contribution in [0.4, 0.5) is 11.5 Å². The van der Waals surface area contributed by atoms with Crippen molar-refractivity contribution in [3.63, 3.8) is 0 Å². The highest BCUT2D eigenvalue weighted by molar-refractivity contribution is 5.67. The molecule has 1 fully saturated rings. The van der Waals surface area contributed by atoms with Crippen molar-refractivity contribution in [1.29, 1.82) is 0 Å². The third-order valence-corrected chi connectivity index (χ3v) is 3.82. The van der Waals surface area contributed by atoms with Gasteiger partial charge in [0.25, 0.3) is 0 Å². The highest BCUT2D eigenvalue weighted by Gasteiger charge is 2.32. The Balaban J connectivity index is 2.20. The largest absolute Gasteiger partial charge is 0.394 e. The van der Waals surface area contributed by atoms with Crippen molar-refractivity contribution in [2.45, 2.75) is 58.9 Å². The van der Waals surface area contributed by atoms with Gasteiger partial charge in [-0.2, -0.15) is 5.10 Å². The summed E-state index contributed by atoms with van der Waals surface area (Å²) in [7, 11) is 2.02. The summed E-state index contributed by atoms with van der Waals surface area (Å²) in [4.78, 5) is 2.49. The number of nitrogen functional groups attached to an aromatic ring is 1. The molecular formula is C15H28N4. The summed E-state index contributed by atoms with van der Waals surface area (Å²) in [5.74, 6) is 1.87. The maximum atomic E-state index is 6.34. The molecule has 0 radical (unpaired) electrons. The van der Waals surface area contributed by atoms with Crippen LogP contribution >= 0.6 is 0 Å². The topological polar surface area (TPSA) is 47.1 Å². The molecule has 0 aliphatic heterocycles. The smallest absolute Gasteiger partial charge is 0.150 e. The predicted octanol–water partition coefficient (Wildman–Crippen LogP) is 2.97. The van der Waals surface area contributed by atoms with Crippen molar-refractivity contribution in [2.75, 3.05) is 17.2 Å². The van der Waals surface area contributed by atoms with Gasteiger partial charge in [-0.15, -0.1) is 0 Å². The average molecular weight is 264 g/mol. The van der Waals surface area contributed by atoms with Gasteiger partial charge >= 0.3 is 0 Å². The van der Waals surface area contributed by atoms with Crippen LogP contribution in [0.25, 0.3) is 0 Å². The van der Waals surface area contributed by atoms with E-state index in [4.69, 9.17) is 5.73 Å². The van der Waals surface area contributed by atoms with Crippen molar-refractivity contribution in [2.24, 2.45) is 13.0 Å². The number of nitrogens with two attached hydrogens (primary N) is 1. The number of hydrogen-bond donors (Lipinski definition) is 1. The highest BCUT2D eigenvalue weighted by Crippen LogP contribution is 2.36. The first-order valence-electron chi connectivity index (χ1n) is 7.62. The van der Waals surface area contributed by atoms with Crippen LogP contribution in [-0.2, 0) is 13.5 Å². The summed E-state index contributed by atoms with van der Waals surface area (Å²) in [5.41, 5.74) is 8.31. The molecule has 1 aliphatic rings. The van der Waals surface area contributed by atoms with Crippen LogP contribution in [0.3, 0.4) is 0 Å². The van der Waals surface area contributed by atoms with Crippen LogP contribution in [0, 0.1) is 5.92 Å². The number of aryl methyl sites for hydroxylation is 2. The van der Waals surface area contributed by atoms with Gasteiger partial charge in [0.2, 0.25) is 0 Å². The minimum Gasteiger partial charge on any atom is -0.394 e. The van der Waals surface area contributed by atoms with Crippen LogP contribution in [0.2, 0.25) is 0 Å². The van der Waals surface area contributed by atoms with Crippen molar-refractivity contribution >= 4 is 11.5 Å². The molecule has 0 unspecified atom stereocenters. The van der Waals surface area contributed by atoms with Crippen LogP contribution in [-0.4, -0.2) is 22.4 Å². The van der Waals surface area contributed by atoms with E-state index in [0.717, 1.165) is 42.5 Å². The molecule has 0 saturated heterocycles. The van der Waals surface area contributed by atoms with Crippen LogP contribution in [0.1, 0.15) is 52.1 Å². The molecule has 0 bridgehead atoms. The molecule has 0 spiro atoms. The van der Waals surface area contributed by atoms with Gasteiger partial charge < -0.3 is 10.6 Å². The van der Waals surface area contributed by atoms with E-state index in [0.29, 0.717) is 6.04 Å². The van der Waals surface area contributed by atoms with Gasteiger partial charge in [-0.1, -0.05) is 27.2 Å². The third-order valence-electron chi connectivity index (χ3n) is 3.82. The van der Waals surface area contributed by atoms with Crippen molar-refractivity contribution < 1.29 is 0 Å². The van der Waals surface area contributed by atoms with Crippen LogP contribution in [0.5, 0.6) is 0 Å². The van der Waals surface area contributed by atoms with Gasteiger partial charge in [0.05, 0.1) is 11.4 Å². The van der Waals surface area contributed by atoms with E-state index in [1.807, 2.05) is 11.7 Å². The fraction of sp³-hybridized carbons (Fsp3) is 0.800. The molecule has 2 rings (SSSR count). The lowest BCUT2D eigenvalue weighted by molar-refractivity contribution is 0.562. The normalized spacial score (nSPS) is 15.2. The first-order chi connectivity index (χ1) is 9.04. The molecule has 4 nitrogen and oxygen atoms in total. The Hall–Kier alpha value is -1.19. The molecule has 4 heteroatoms. The van der Waals surface area contributed by atoms with E-state index >= 15 is 0 Å². The summed E-state index contributed by atoms with van der Waals surface area (Å²) < 4.78 is 1.99. The zero-order valence-electron chi connectivity index (χ0n) is 12.8. The Kier molecular flexibility index (Phi) is 4.38. The summed E-state index contributed by atoms with van der Waals surface area (Å²) in [5, 5.41) is 4.61. The zero-order valence-corrected chi connectivity index (χ0v) is 12.8. The Labute approximate surface area is 117 Å². The van der Waals surface area contributed by atoms with Crippen LogP contribution < -0.4 is 10.6 Å². The maximum absolute atomic E-state index is 6.34. The lowest BCUT2D eigenvalue weighted by Crippen LogP contribution is -2.30. The molecule has 2 N–H and O–H groups in total. The second-order valence-corrected chi connectivity index (χ2v) is 6.16. The van der Waals surface area contributed by atoms with E-state index in [1.165, 1.54) is 19.3 Å². The van der Waals surface area contributed by atoms with Gasteiger partial charge in [0.1, 0.15) is 0 Å². The Morgan fingerprint density at radius 2 is 2.11 bits per heavy atom. The molecule has 0 atom stereocenters. The molecule has 108 valence electrons. The monoisotopic (exact) mass is 264 g/mol. The lowest BCUT2D eigenvalue weighted by atomic mass is 10.1. The molecule has 1 aromatic rings. The molecule has 1 aromatic heterocycles. The lowest BCUT2D eigenvalue weighted by Gasteiger charge is -2.26. The molecule has 0 aromatic carbocycles. The van der Waals surface area contributed by atoms with Crippen LogP contribution in [0.15, 0.2) is 0 Å². The fourth-order valence-electron chi connectivity index (χ4n) is 2.59. The predicted molar refractivity (Wildman–Crippen MR) is 81.4 cm³/mol. The van der Waals surface area contributed by atoms with Crippen molar-refractivity contribution in [3.05, 3.63) is 5.69 Å². The van der Waals surface area contributed by atoms with Crippen molar-refractivity contribution in [1.82, 2.24) is 9.78 Å². The average Bonchev–Trinajstić information content (AvgIpc) is 3.12. The summed E-state index contributed by atoms with van der Waals surface area (Å²) in [6, 6.07) is 0.686. The zero-order chi connectivity index (χ0) is 14.0. The van der Waals surface area contributed by atoms with Gasteiger partial charge in [0.15, 0.2) is 5.82 Å². The molecule has 1 saturated carbocycles. The van der Waals surface area contributed by atoms with Gasteiger partial charge in [-0.05, 0) is 31.6 Å². The number of anilines is 2. The fourth-order valence-corrected chi connectivity index (χ4v) is 2.59. The van der Waals surface area contributed by atoms with E-state index in [1.54, 1.807) is 0 Å². The summed E-state index contributed by atoms with van der Waals surface area (Å²) in [6.07, 6.45) is 5.88. The Morgan fingerprint density at radius 3 is 2.63 bits per heavy atom. The Morgan fingerprint density at radius 1 is 1.42 bits per heavy atom. The van der Waals surface area contributed by atoms with Gasteiger partial charge in [-0.25, -0.2) is 0 Å². The van der Waals surface area contributed by atoms with Gasteiger partial charge in [0, 0.05) is 19.6 Å². The summed E-state index contributed by atoms with van der Waals surface area (Å²) >= 11 is 0. The second-order valence-electron chi connectivity index (χ2n) is 6.16. The van der Waals surface area contributed by atoms with Crippen molar-refractivity contribution in [3.8, 4) is 0 Å².